The van der Waals surface area contributed by atoms with Gasteiger partial charge in [-0.15, -0.1) is 0 Å². The molecule has 1 aromatic carbocycles. The standard InChI is InChI=1S/C17H27NO/c1-13-4-8-16(9-5-13)18(3)14(2)12-15-6-10-17(19)11-7-15/h6-7,10-11,13-14,16,19H,4-5,8-9,12H2,1-3H3. The summed E-state index contributed by atoms with van der Waals surface area (Å²) < 4.78 is 0. The average Bonchev–Trinajstić information content (AvgIpc) is 2.41. The van der Waals surface area contributed by atoms with Crippen LogP contribution in [-0.4, -0.2) is 29.1 Å². The Morgan fingerprint density at radius 2 is 1.74 bits per heavy atom. The van der Waals surface area contributed by atoms with Gasteiger partial charge in [-0.3, -0.25) is 0 Å². The predicted molar refractivity (Wildman–Crippen MR) is 80.5 cm³/mol. The minimum atomic E-state index is 0.353. The van der Waals surface area contributed by atoms with Crippen molar-refractivity contribution in [3.05, 3.63) is 29.8 Å². The van der Waals surface area contributed by atoms with Crippen molar-refractivity contribution in [1.82, 2.24) is 4.90 Å². The molecule has 0 saturated heterocycles. The first kappa shape index (κ1) is 14.4. The normalized spacial score (nSPS) is 25.5. The van der Waals surface area contributed by atoms with Crippen molar-refractivity contribution in [2.45, 2.75) is 58.0 Å². The highest BCUT2D eigenvalue weighted by molar-refractivity contribution is 5.26. The second-order valence-electron chi connectivity index (χ2n) is 6.30. The lowest BCUT2D eigenvalue weighted by molar-refractivity contribution is 0.130. The molecule has 1 N–H and O–H groups in total. The van der Waals surface area contributed by atoms with Gasteiger partial charge in [0, 0.05) is 12.1 Å². The maximum Gasteiger partial charge on any atom is 0.115 e. The number of aromatic hydroxyl groups is 1. The molecule has 106 valence electrons. The SMILES string of the molecule is CC1CCC(N(C)C(C)Cc2ccc(O)cc2)CC1. The summed E-state index contributed by atoms with van der Waals surface area (Å²) >= 11 is 0. The molecule has 0 aliphatic heterocycles. The Morgan fingerprint density at radius 1 is 1.16 bits per heavy atom. The smallest absolute Gasteiger partial charge is 0.115 e. The van der Waals surface area contributed by atoms with E-state index >= 15 is 0 Å². The lowest BCUT2D eigenvalue weighted by Gasteiger charge is -2.37. The summed E-state index contributed by atoms with van der Waals surface area (Å²) in [7, 11) is 2.27. The monoisotopic (exact) mass is 261 g/mol. The highest BCUT2D eigenvalue weighted by Crippen LogP contribution is 2.28. The van der Waals surface area contributed by atoms with Gasteiger partial charge in [0.15, 0.2) is 0 Å². The number of nitrogens with zero attached hydrogens (tertiary/aromatic N) is 1. The van der Waals surface area contributed by atoms with Gasteiger partial charge in [0.1, 0.15) is 5.75 Å². The molecule has 1 aliphatic carbocycles. The molecule has 1 aliphatic rings. The van der Waals surface area contributed by atoms with Gasteiger partial charge in [0.05, 0.1) is 0 Å². The van der Waals surface area contributed by atoms with E-state index < -0.39 is 0 Å². The second kappa shape index (κ2) is 6.42. The Kier molecular flexibility index (Phi) is 4.87. The number of hydrogen-bond acceptors (Lipinski definition) is 2. The molecular weight excluding hydrogens is 234 g/mol. The third kappa shape index (κ3) is 3.97. The van der Waals surface area contributed by atoms with Crippen LogP contribution in [0.1, 0.15) is 45.1 Å². The van der Waals surface area contributed by atoms with Crippen LogP contribution < -0.4 is 0 Å². The van der Waals surface area contributed by atoms with Crippen LogP contribution in [0.25, 0.3) is 0 Å². The Hall–Kier alpha value is -1.02. The fraction of sp³-hybridized carbons (Fsp3) is 0.647. The van der Waals surface area contributed by atoms with E-state index in [0.29, 0.717) is 11.8 Å². The quantitative estimate of drug-likeness (QED) is 0.890. The molecule has 0 spiro atoms. The van der Waals surface area contributed by atoms with E-state index in [9.17, 15) is 5.11 Å². The van der Waals surface area contributed by atoms with Crippen molar-refractivity contribution in [3.63, 3.8) is 0 Å². The van der Waals surface area contributed by atoms with E-state index in [2.05, 4.69) is 25.8 Å². The number of likely N-dealkylation sites (N-methyl/N-ethyl adjacent to an activating group) is 1. The van der Waals surface area contributed by atoms with Gasteiger partial charge in [-0.1, -0.05) is 19.1 Å². The zero-order valence-corrected chi connectivity index (χ0v) is 12.5. The summed E-state index contributed by atoms with van der Waals surface area (Å²) in [5.41, 5.74) is 1.31. The van der Waals surface area contributed by atoms with E-state index in [4.69, 9.17) is 0 Å². The first-order valence-corrected chi connectivity index (χ1v) is 7.56. The van der Waals surface area contributed by atoms with Crippen LogP contribution in [0, 0.1) is 5.92 Å². The Labute approximate surface area is 117 Å². The van der Waals surface area contributed by atoms with Gasteiger partial charge in [0.25, 0.3) is 0 Å². The minimum Gasteiger partial charge on any atom is -0.508 e. The molecule has 2 heteroatoms. The molecular formula is C17H27NO. The van der Waals surface area contributed by atoms with Crippen molar-refractivity contribution in [2.24, 2.45) is 5.92 Å². The molecule has 2 rings (SSSR count). The summed E-state index contributed by atoms with van der Waals surface area (Å²) in [6.07, 6.45) is 6.50. The van der Waals surface area contributed by atoms with Crippen LogP contribution >= 0.6 is 0 Å². The first-order valence-electron chi connectivity index (χ1n) is 7.56. The number of phenolic OH excluding ortho intramolecular Hbond substituents is 1. The number of hydrogen-bond donors (Lipinski definition) is 1. The fourth-order valence-electron chi connectivity index (χ4n) is 3.13. The van der Waals surface area contributed by atoms with Crippen LogP contribution in [0.2, 0.25) is 0 Å². The molecule has 0 aromatic heterocycles. The van der Waals surface area contributed by atoms with Crippen LogP contribution in [0.5, 0.6) is 5.75 Å². The molecule has 1 unspecified atom stereocenters. The van der Waals surface area contributed by atoms with Gasteiger partial charge in [-0.2, -0.15) is 0 Å². The highest BCUT2D eigenvalue weighted by atomic mass is 16.3. The topological polar surface area (TPSA) is 23.5 Å². The fourth-order valence-corrected chi connectivity index (χ4v) is 3.13. The van der Waals surface area contributed by atoms with Gasteiger partial charge in [-0.25, -0.2) is 0 Å². The second-order valence-corrected chi connectivity index (χ2v) is 6.30. The summed E-state index contributed by atoms with van der Waals surface area (Å²) in [5.74, 6) is 1.27. The van der Waals surface area contributed by atoms with Crippen LogP contribution in [-0.2, 0) is 6.42 Å². The molecule has 1 saturated carbocycles. The highest BCUT2D eigenvalue weighted by Gasteiger charge is 2.24. The maximum atomic E-state index is 9.32. The van der Waals surface area contributed by atoms with Crippen molar-refractivity contribution in [3.8, 4) is 5.75 Å². The average molecular weight is 261 g/mol. The van der Waals surface area contributed by atoms with Gasteiger partial charge in [-0.05, 0) is 69.7 Å². The lowest BCUT2D eigenvalue weighted by atomic mass is 9.86. The Balaban J connectivity index is 1.88. The molecule has 0 radical (unpaired) electrons. The number of rotatable bonds is 4. The Morgan fingerprint density at radius 3 is 2.32 bits per heavy atom. The van der Waals surface area contributed by atoms with Crippen LogP contribution in [0.4, 0.5) is 0 Å². The zero-order chi connectivity index (χ0) is 13.8. The van der Waals surface area contributed by atoms with Gasteiger partial charge in [0.2, 0.25) is 0 Å². The lowest BCUT2D eigenvalue weighted by Crippen LogP contribution is -2.41. The Bertz CT molecular complexity index is 379. The summed E-state index contributed by atoms with van der Waals surface area (Å²) in [4.78, 5) is 2.55. The van der Waals surface area contributed by atoms with E-state index in [1.807, 2.05) is 12.1 Å². The van der Waals surface area contributed by atoms with Crippen LogP contribution in [0.15, 0.2) is 24.3 Å². The van der Waals surface area contributed by atoms with Crippen molar-refractivity contribution >= 4 is 0 Å². The predicted octanol–water partition coefficient (Wildman–Crippen LogP) is 3.83. The zero-order valence-electron chi connectivity index (χ0n) is 12.5. The minimum absolute atomic E-state index is 0.353. The molecule has 0 amide bonds. The van der Waals surface area contributed by atoms with Gasteiger partial charge >= 0.3 is 0 Å². The van der Waals surface area contributed by atoms with Gasteiger partial charge < -0.3 is 10.0 Å². The molecule has 1 fully saturated rings. The molecule has 19 heavy (non-hydrogen) atoms. The van der Waals surface area contributed by atoms with E-state index in [0.717, 1.165) is 18.4 Å². The summed E-state index contributed by atoms with van der Waals surface area (Å²) in [6.45, 7) is 4.68. The number of benzene rings is 1. The van der Waals surface area contributed by atoms with E-state index in [1.54, 1.807) is 12.1 Å². The molecule has 1 aromatic rings. The van der Waals surface area contributed by atoms with E-state index in [1.165, 1.54) is 31.2 Å². The first-order chi connectivity index (χ1) is 9.06. The van der Waals surface area contributed by atoms with E-state index in [-0.39, 0.29) is 0 Å². The molecule has 0 bridgehead atoms. The third-order valence-corrected chi connectivity index (χ3v) is 4.72. The molecule has 2 nitrogen and oxygen atoms in total. The van der Waals surface area contributed by atoms with Crippen molar-refractivity contribution < 1.29 is 5.11 Å². The largest absolute Gasteiger partial charge is 0.508 e. The van der Waals surface area contributed by atoms with Crippen molar-refractivity contribution in [2.75, 3.05) is 7.05 Å². The summed E-state index contributed by atoms with van der Waals surface area (Å²) in [6, 6.07) is 8.94. The maximum absolute atomic E-state index is 9.32. The third-order valence-electron chi connectivity index (χ3n) is 4.72. The number of phenols is 1. The molecule has 0 heterocycles. The summed E-state index contributed by atoms with van der Waals surface area (Å²) in [5, 5.41) is 9.32. The van der Waals surface area contributed by atoms with Crippen LogP contribution in [0.3, 0.4) is 0 Å². The van der Waals surface area contributed by atoms with Crippen molar-refractivity contribution in [1.29, 1.82) is 0 Å². The molecule has 1 atom stereocenters.